The second kappa shape index (κ2) is 11.1. The van der Waals surface area contributed by atoms with Gasteiger partial charge in [-0.3, -0.25) is 14.9 Å². The molecule has 0 saturated heterocycles. The van der Waals surface area contributed by atoms with Crippen molar-refractivity contribution in [3.8, 4) is 0 Å². The number of ether oxygens (including phenoxy) is 1. The molecular formula is C20H19N5O4S2. The maximum absolute atomic E-state index is 12.6. The number of nitrogens with one attached hydrogen (secondary N) is 3. The summed E-state index contributed by atoms with van der Waals surface area (Å²) in [7, 11) is 0. The van der Waals surface area contributed by atoms with Crippen molar-refractivity contribution in [3.63, 3.8) is 0 Å². The number of anilines is 3. The zero-order chi connectivity index (χ0) is 22.1. The summed E-state index contributed by atoms with van der Waals surface area (Å²) in [6, 6.07) is 15.8. The van der Waals surface area contributed by atoms with Gasteiger partial charge in [0, 0.05) is 5.69 Å². The summed E-state index contributed by atoms with van der Waals surface area (Å²) < 4.78 is 5.28. The highest BCUT2D eigenvalue weighted by Gasteiger charge is 2.15. The summed E-state index contributed by atoms with van der Waals surface area (Å²) in [5.74, 6) is -0.573. The van der Waals surface area contributed by atoms with Crippen molar-refractivity contribution in [3.05, 3.63) is 60.2 Å². The Labute approximate surface area is 186 Å². The lowest BCUT2D eigenvalue weighted by Gasteiger charge is -2.11. The van der Waals surface area contributed by atoms with Gasteiger partial charge in [0.1, 0.15) is 0 Å². The quantitative estimate of drug-likeness (QED) is 0.344. The molecule has 0 atom stereocenters. The SMILES string of the molecule is CCOC(=O)Nc1nnc(SCC(=O)Nc2ccccc2C(=O)Nc2ccccc2)s1. The second-order valence-electron chi connectivity index (χ2n) is 5.92. The number of hydrogen-bond donors (Lipinski definition) is 3. The minimum atomic E-state index is -0.613. The van der Waals surface area contributed by atoms with Gasteiger partial charge in [-0.2, -0.15) is 0 Å². The molecule has 0 aliphatic carbocycles. The second-order valence-corrected chi connectivity index (χ2v) is 8.12. The molecule has 0 aliphatic rings. The van der Waals surface area contributed by atoms with Gasteiger partial charge in [-0.25, -0.2) is 4.79 Å². The molecule has 3 rings (SSSR count). The molecule has 0 aliphatic heterocycles. The molecule has 0 fully saturated rings. The third-order valence-corrected chi connectivity index (χ3v) is 5.67. The molecule has 0 saturated carbocycles. The number of aromatic nitrogens is 2. The Kier molecular flexibility index (Phi) is 7.96. The van der Waals surface area contributed by atoms with E-state index in [-0.39, 0.29) is 29.3 Å². The maximum Gasteiger partial charge on any atom is 0.413 e. The molecule has 3 aromatic rings. The number of thioether (sulfide) groups is 1. The summed E-state index contributed by atoms with van der Waals surface area (Å²) in [6.45, 7) is 1.94. The van der Waals surface area contributed by atoms with Crippen LogP contribution < -0.4 is 16.0 Å². The number of hydrogen-bond acceptors (Lipinski definition) is 8. The standard InChI is InChI=1S/C20H19N5O4S2/c1-2-29-19(28)23-18-24-25-20(31-18)30-12-16(26)22-15-11-7-6-10-14(15)17(27)21-13-8-4-3-5-9-13/h3-11H,2,12H2,1H3,(H,21,27)(H,22,26)(H,23,24,28). The van der Waals surface area contributed by atoms with Crippen molar-refractivity contribution in [2.24, 2.45) is 0 Å². The van der Waals surface area contributed by atoms with Crippen LogP contribution in [0.15, 0.2) is 58.9 Å². The predicted octanol–water partition coefficient (Wildman–Crippen LogP) is 4.09. The summed E-state index contributed by atoms with van der Waals surface area (Å²) in [5, 5.41) is 16.0. The van der Waals surface area contributed by atoms with E-state index in [1.165, 1.54) is 11.8 Å². The number of rotatable bonds is 8. The first-order chi connectivity index (χ1) is 15.0. The third kappa shape index (κ3) is 6.79. The first-order valence-electron chi connectivity index (χ1n) is 9.20. The van der Waals surface area contributed by atoms with E-state index in [9.17, 15) is 14.4 Å². The van der Waals surface area contributed by atoms with Crippen LogP contribution in [0.3, 0.4) is 0 Å². The molecule has 1 heterocycles. The van der Waals surface area contributed by atoms with Crippen LogP contribution in [-0.4, -0.2) is 40.5 Å². The van der Waals surface area contributed by atoms with Crippen LogP contribution in [0.5, 0.6) is 0 Å². The minimum absolute atomic E-state index is 0.0582. The van der Waals surface area contributed by atoms with E-state index in [2.05, 4.69) is 26.1 Å². The first-order valence-corrected chi connectivity index (χ1v) is 11.0. The molecule has 11 heteroatoms. The van der Waals surface area contributed by atoms with Crippen LogP contribution in [0, 0.1) is 0 Å². The molecule has 2 aromatic carbocycles. The van der Waals surface area contributed by atoms with E-state index in [0.717, 1.165) is 11.3 Å². The van der Waals surface area contributed by atoms with Crippen LogP contribution in [0.25, 0.3) is 0 Å². The van der Waals surface area contributed by atoms with Crippen LogP contribution in [0.4, 0.5) is 21.3 Å². The van der Waals surface area contributed by atoms with Gasteiger partial charge in [-0.15, -0.1) is 10.2 Å². The molecule has 3 N–H and O–H groups in total. The van der Waals surface area contributed by atoms with Crippen molar-refractivity contribution in [1.82, 2.24) is 10.2 Å². The van der Waals surface area contributed by atoms with E-state index in [0.29, 0.717) is 21.3 Å². The van der Waals surface area contributed by atoms with E-state index in [4.69, 9.17) is 4.74 Å². The highest BCUT2D eigenvalue weighted by Crippen LogP contribution is 2.26. The van der Waals surface area contributed by atoms with E-state index >= 15 is 0 Å². The minimum Gasteiger partial charge on any atom is -0.450 e. The first kappa shape index (κ1) is 22.2. The average Bonchev–Trinajstić information content (AvgIpc) is 3.20. The Bertz CT molecular complexity index is 1060. The normalized spacial score (nSPS) is 10.2. The van der Waals surface area contributed by atoms with Crippen LogP contribution in [0.2, 0.25) is 0 Å². The topological polar surface area (TPSA) is 122 Å². The number of benzene rings is 2. The molecule has 0 spiro atoms. The molecule has 1 aromatic heterocycles. The molecule has 9 nitrogen and oxygen atoms in total. The van der Waals surface area contributed by atoms with E-state index < -0.39 is 6.09 Å². The number of nitrogens with zero attached hydrogens (tertiary/aromatic N) is 2. The van der Waals surface area contributed by atoms with Crippen molar-refractivity contribution in [1.29, 1.82) is 0 Å². The predicted molar refractivity (Wildman–Crippen MR) is 121 cm³/mol. The zero-order valence-corrected chi connectivity index (χ0v) is 18.1. The Morgan fingerprint density at radius 2 is 1.71 bits per heavy atom. The largest absolute Gasteiger partial charge is 0.450 e. The Balaban J connectivity index is 1.56. The van der Waals surface area contributed by atoms with Crippen LogP contribution in [-0.2, 0) is 9.53 Å². The zero-order valence-electron chi connectivity index (χ0n) is 16.5. The smallest absolute Gasteiger partial charge is 0.413 e. The van der Waals surface area contributed by atoms with Gasteiger partial charge in [-0.1, -0.05) is 53.4 Å². The number of carbonyl (C=O) groups excluding carboxylic acids is 3. The van der Waals surface area contributed by atoms with Gasteiger partial charge in [-0.05, 0) is 31.2 Å². The molecule has 3 amide bonds. The summed E-state index contributed by atoms with van der Waals surface area (Å²) in [5.41, 5.74) is 1.41. The Hall–Kier alpha value is -3.44. The highest BCUT2D eigenvalue weighted by molar-refractivity contribution is 8.01. The lowest BCUT2D eigenvalue weighted by atomic mass is 10.1. The van der Waals surface area contributed by atoms with Crippen molar-refractivity contribution in [2.45, 2.75) is 11.3 Å². The fraction of sp³-hybridized carbons (Fsp3) is 0.150. The highest BCUT2D eigenvalue weighted by atomic mass is 32.2. The fourth-order valence-electron chi connectivity index (χ4n) is 2.40. The average molecular weight is 458 g/mol. The van der Waals surface area contributed by atoms with Gasteiger partial charge >= 0.3 is 6.09 Å². The van der Waals surface area contributed by atoms with Gasteiger partial charge < -0.3 is 15.4 Å². The van der Waals surface area contributed by atoms with E-state index in [1.54, 1.807) is 43.3 Å². The summed E-state index contributed by atoms with van der Waals surface area (Å²) >= 11 is 2.30. The van der Waals surface area contributed by atoms with Crippen molar-refractivity contribution < 1.29 is 19.1 Å². The molecule has 0 unspecified atom stereocenters. The molecule has 31 heavy (non-hydrogen) atoms. The number of para-hydroxylation sites is 2. The molecule has 0 radical (unpaired) electrons. The van der Waals surface area contributed by atoms with Crippen LogP contribution in [0.1, 0.15) is 17.3 Å². The van der Waals surface area contributed by atoms with Gasteiger partial charge in [0.15, 0.2) is 4.34 Å². The fourth-order valence-corrected chi connectivity index (χ4v) is 3.93. The third-order valence-electron chi connectivity index (χ3n) is 3.70. The maximum atomic E-state index is 12.6. The monoisotopic (exact) mass is 457 g/mol. The lowest BCUT2D eigenvalue weighted by Crippen LogP contribution is -2.19. The Morgan fingerprint density at radius 3 is 2.48 bits per heavy atom. The number of amides is 3. The van der Waals surface area contributed by atoms with Gasteiger partial charge in [0.05, 0.1) is 23.6 Å². The Morgan fingerprint density at radius 1 is 0.968 bits per heavy atom. The molecular weight excluding hydrogens is 438 g/mol. The summed E-state index contributed by atoms with van der Waals surface area (Å²) in [6.07, 6.45) is -0.613. The molecule has 0 bridgehead atoms. The van der Waals surface area contributed by atoms with E-state index in [1.807, 2.05) is 18.2 Å². The number of carbonyl (C=O) groups is 3. The van der Waals surface area contributed by atoms with Gasteiger partial charge in [0.25, 0.3) is 5.91 Å². The summed E-state index contributed by atoms with van der Waals surface area (Å²) in [4.78, 5) is 36.4. The van der Waals surface area contributed by atoms with Crippen LogP contribution >= 0.6 is 23.1 Å². The lowest BCUT2D eigenvalue weighted by molar-refractivity contribution is -0.113. The van der Waals surface area contributed by atoms with Crippen molar-refractivity contribution >= 4 is 57.5 Å². The van der Waals surface area contributed by atoms with Gasteiger partial charge in [0.2, 0.25) is 11.0 Å². The molecule has 160 valence electrons. The van der Waals surface area contributed by atoms with Crippen molar-refractivity contribution in [2.75, 3.05) is 28.3 Å².